The molecule has 2 aliphatic heterocycles. The number of aromatic nitrogens is 4. The van der Waals surface area contributed by atoms with Crippen LogP contribution in [0.3, 0.4) is 0 Å². The van der Waals surface area contributed by atoms with Crippen molar-refractivity contribution in [2.45, 2.75) is 0 Å². The molecule has 6 heteroatoms. The molecule has 8 bridgehead atoms. The van der Waals surface area contributed by atoms with Crippen molar-refractivity contribution in [3.8, 4) is 33.4 Å². The largest absolute Gasteiger partial charge is 0.354 e. The second kappa shape index (κ2) is 12.7. The van der Waals surface area contributed by atoms with Crippen LogP contribution in [0, 0.1) is 0 Å². The number of nitrogens with one attached hydrogen (secondary N) is 2. The lowest BCUT2D eigenvalue weighted by Gasteiger charge is -2.12. The van der Waals surface area contributed by atoms with Crippen molar-refractivity contribution in [3.05, 3.63) is 178 Å². The van der Waals surface area contributed by atoms with E-state index in [0.717, 1.165) is 98.3 Å². The van der Waals surface area contributed by atoms with Crippen LogP contribution < -0.4 is 0 Å². The fourth-order valence-corrected chi connectivity index (χ4v) is 8.35. The lowest BCUT2D eigenvalue weighted by Crippen LogP contribution is -1.93. The predicted molar refractivity (Wildman–Crippen MR) is 215 cm³/mol. The summed E-state index contributed by atoms with van der Waals surface area (Å²) in [5.74, 6) is 0. The second-order valence-electron chi connectivity index (χ2n) is 12.2. The number of benzene rings is 4. The van der Waals surface area contributed by atoms with Gasteiger partial charge in [-0.25, -0.2) is 9.97 Å². The van der Waals surface area contributed by atoms with Crippen LogP contribution in [0.5, 0.6) is 0 Å². The van der Waals surface area contributed by atoms with Crippen LogP contribution in [0.25, 0.3) is 77.7 Å². The number of H-pyrrole nitrogens is 2. The maximum atomic E-state index is 5.53. The zero-order valence-electron chi connectivity index (χ0n) is 26.7. The number of nitrogens with zero attached hydrogens (tertiary/aromatic N) is 2. The van der Waals surface area contributed by atoms with Gasteiger partial charge in [-0.15, -0.1) is 0 Å². The Labute approximate surface area is 306 Å². The van der Waals surface area contributed by atoms with Gasteiger partial charge in [0.15, 0.2) is 0 Å². The van der Waals surface area contributed by atoms with E-state index in [2.05, 4.69) is 194 Å². The molecule has 0 saturated carbocycles. The van der Waals surface area contributed by atoms with Crippen LogP contribution >= 0.6 is 31.9 Å². The monoisotopic (exact) mass is 770 g/mol. The van der Waals surface area contributed by atoms with Crippen LogP contribution in [0.15, 0.2) is 150 Å². The Bertz CT molecular complexity index is 2640. The summed E-state index contributed by atoms with van der Waals surface area (Å²) >= 11 is 8.03. The molecule has 0 radical (unpaired) electrons. The summed E-state index contributed by atoms with van der Waals surface area (Å²) in [7, 11) is 0. The number of hydrogen-bond acceptors (Lipinski definition) is 2. The Balaban J connectivity index is 1.57. The van der Waals surface area contributed by atoms with Crippen molar-refractivity contribution in [3.63, 3.8) is 0 Å². The van der Waals surface area contributed by atoms with Gasteiger partial charge in [-0.3, -0.25) is 0 Å². The summed E-state index contributed by atoms with van der Waals surface area (Å²) in [4.78, 5) is 18.1. The molecule has 50 heavy (non-hydrogen) atoms. The summed E-state index contributed by atoms with van der Waals surface area (Å²) in [5, 5.41) is 0. The number of halogens is 2. The van der Waals surface area contributed by atoms with E-state index in [1.165, 1.54) is 0 Å². The van der Waals surface area contributed by atoms with Crippen molar-refractivity contribution in [1.29, 1.82) is 0 Å². The van der Waals surface area contributed by atoms with Gasteiger partial charge in [0.05, 0.1) is 42.8 Å². The Morgan fingerprint density at radius 3 is 1.60 bits per heavy atom. The van der Waals surface area contributed by atoms with Gasteiger partial charge in [0.2, 0.25) is 0 Å². The second-order valence-corrected chi connectivity index (χ2v) is 13.8. The third kappa shape index (κ3) is 5.38. The van der Waals surface area contributed by atoms with E-state index in [1.54, 1.807) is 0 Å². The van der Waals surface area contributed by atoms with E-state index in [-0.39, 0.29) is 0 Å². The van der Waals surface area contributed by atoms with E-state index >= 15 is 0 Å². The highest BCUT2D eigenvalue weighted by molar-refractivity contribution is 9.15. The highest BCUT2D eigenvalue weighted by Gasteiger charge is 2.28. The molecule has 4 nitrogen and oxygen atoms in total. The van der Waals surface area contributed by atoms with Gasteiger partial charge in [-0.05, 0) is 90.5 Å². The van der Waals surface area contributed by atoms with Gasteiger partial charge in [0.1, 0.15) is 0 Å². The van der Waals surface area contributed by atoms with Crippen molar-refractivity contribution < 1.29 is 0 Å². The van der Waals surface area contributed by atoms with Gasteiger partial charge >= 0.3 is 0 Å². The number of hydrogen-bond donors (Lipinski definition) is 2. The van der Waals surface area contributed by atoms with Crippen LogP contribution in [-0.2, 0) is 0 Å². The molecule has 2 N–H and O–H groups in total. The third-order valence-corrected chi connectivity index (χ3v) is 10.7. The molecule has 0 saturated heterocycles. The fraction of sp³-hybridized carbons (Fsp3) is 0. The smallest absolute Gasteiger partial charge is 0.0949 e. The SMILES string of the molecule is BrC1=C(c2ccccc2)c2nc1c(Br)c1ccc(cc3nc(cc4[nH]c(c2-c2ccccc2)c(-c2ccccc2)c4-c2ccccc2)C=C3)[nH]1. The molecule has 2 aliphatic rings. The standard InChI is InChI=1S/C44H28Br2N4/c45-40-34-24-23-32(48-34)25-31-21-22-33(47-31)26-35-36(27-13-5-1-6-14-27)37(28-15-7-2-8-16-28)42(49-35)39(30-19-11-4-12-20-30)43-38(41(46)44(40)50-43)29-17-9-3-10-18-29/h1-26,48-49H. The summed E-state index contributed by atoms with van der Waals surface area (Å²) in [6.45, 7) is 0. The Morgan fingerprint density at radius 2 is 0.980 bits per heavy atom. The molecule has 0 aliphatic carbocycles. The number of fused-ring (bicyclic) bond motifs is 8. The molecule has 0 unspecified atom stereocenters. The van der Waals surface area contributed by atoms with Gasteiger partial charge in [-0.1, -0.05) is 121 Å². The lowest BCUT2D eigenvalue weighted by atomic mass is 9.91. The highest BCUT2D eigenvalue weighted by Crippen LogP contribution is 2.49. The van der Waals surface area contributed by atoms with Crippen LogP contribution in [-0.4, -0.2) is 19.9 Å². The Kier molecular flexibility index (Phi) is 7.76. The van der Waals surface area contributed by atoms with Crippen LogP contribution in [0.4, 0.5) is 0 Å². The minimum Gasteiger partial charge on any atom is -0.354 e. The van der Waals surface area contributed by atoms with E-state index < -0.39 is 0 Å². The zero-order valence-corrected chi connectivity index (χ0v) is 29.8. The summed E-state index contributed by atoms with van der Waals surface area (Å²) < 4.78 is 1.77. The Hall–Kier alpha value is -5.56. The van der Waals surface area contributed by atoms with Gasteiger partial charge in [-0.2, -0.15) is 0 Å². The maximum Gasteiger partial charge on any atom is 0.0949 e. The minimum atomic E-state index is 0.810. The first-order valence-corrected chi connectivity index (χ1v) is 18.0. The number of rotatable bonds is 4. The van der Waals surface area contributed by atoms with Crippen molar-refractivity contribution in [2.75, 3.05) is 0 Å². The quantitative estimate of drug-likeness (QED) is 0.187. The molecular weight excluding hydrogens is 744 g/mol. The summed E-state index contributed by atoms with van der Waals surface area (Å²) in [5.41, 5.74) is 15.8. The average Bonchev–Trinajstić information content (AvgIpc) is 3.96. The van der Waals surface area contributed by atoms with Crippen LogP contribution in [0.1, 0.15) is 28.3 Å². The molecule has 9 rings (SSSR count). The van der Waals surface area contributed by atoms with Crippen LogP contribution in [0.2, 0.25) is 0 Å². The third-order valence-electron chi connectivity index (χ3n) is 9.09. The van der Waals surface area contributed by atoms with Crippen molar-refractivity contribution >= 4 is 76.1 Å². The first kappa shape index (κ1) is 30.5. The summed E-state index contributed by atoms with van der Waals surface area (Å²) in [6.07, 6.45) is 4.13. The molecule has 0 amide bonds. The molecule has 0 spiro atoms. The van der Waals surface area contributed by atoms with E-state index in [4.69, 9.17) is 9.97 Å². The van der Waals surface area contributed by atoms with E-state index in [0.29, 0.717) is 0 Å². The zero-order chi connectivity index (χ0) is 33.6. The molecule has 3 aromatic heterocycles. The molecule has 0 atom stereocenters. The predicted octanol–water partition coefficient (Wildman–Crippen LogP) is 12.6. The van der Waals surface area contributed by atoms with E-state index in [1.807, 2.05) is 6.07 Å². The van der Waals surface area contributed by atoms with Crippen molar-refractivity contribution in [1.82, 2.24) is 19.9 Å². The molecule has 238 valence electrons. The van der Waals surface area contributed by atoms with Crippen molar-refractivity contribution in [2.24, 2.45) is 0 Å². The first-order chi connectivity index (χ1) is 24.6. The number of aromatic amines is 2. The minimum absolute atomic E-state index is 0.810. The normalized spacial score (nSPS) is 12.4. The molecular formula is C44H28Br2N4. The first-order valence-electron chi connectivity index (χ1n) is 16.4. The topological polar surface area (TPSA) is 57.4 Å². The van der Waals surface area contributed by atoms with Gasteiger partial charge in [0.25, 0.3) is 0 Å². The Morgan fingerprint density at radius 1 is 0.440 bits per heavy atom. The van der Waals surface area contributed by atoms with E-state index in [9.17, 15) is 0 Å². The van der Waals surface area contributed by atoms with Gasteiger partial charge < -0.3 is 9.97 Å². The average molecular weight is 773 g/mol. The molecule has 4 aromatic carbocycles. The fourth-order valence-electron chi connectivity index (χ4n) is 6.87. The van der Waals surface area contributed by atoms with Gasteiger partial charge in [0, 0.05) is 33.3 Å². The summed E-state index contributed by atoms with van der Waals surface area (Å²) in [6, 6.07) is 50.7. The highest BCUT2D eigenvalue weighted by atomic mass is 79.9. The maximum absolute atomic E-state index is 5.53. The molecule has 7 aromatic rings. The molecule has 0 fully saturated rings. The lowest BCUT2D eigenvalue weighted by molar-refractivity contribution is 1.29. The molecule has 5 heterocycles.